The van der Waals surface area contributed by atoms with Gasteiger partial charge in [0.05, 0.1) is 25.8 Å². The fourth-order valence-electron chi connectivity index (χ4n) is 3.63. The van der Waals surface area contributed by atoms with E-state index >= 15 is 0 Å². The fraction of sp³-hybridized carbons (Fsp3) is 0.240. The molecule has 4 rings (SSSR count). The number of furan rings is 1. The number of amides is 3. The van der Waals surface area contributed by atoms with Crippen LogP contribution < -0.4 is 25.0 Å². The molecule has 0 saturated carbocycles. The molecule has 1 fully saturated rings. The van der Waals surface area contributed by atoms with Crippen molar-refractivity contribution in [1.82, 2.24) is 5.32 Å². The molecule has 176 valence electrons. The Bertz CT molecular complexity index is 1140. The number of nitrogens with one attached hydrogen (secondary N) is 2. The molecule has 2 N–H and O–H groups in total. The molecule has 0 bridgehead atoms. The molecule has 1 aliphatic heterocycles. The molecule has 1 aliphatic rings. The normalized spacial score (nSPS) is 15.1. The molecule has 2 aromatic carbocycles. The largest absolute Gasteiger partial charge is 0.497 e. The van der Waals surface area contributed by atoms with Gasteiger partial charge in [0.2, 0.25) is 11.8 Å². The molecule has 0 aliphatic carbocycles. The Kier molecular flexibility index (Phi) is 7.12. The molecule has 0 radical (unpaired) electrons. The zero-order valence-corrected chi connectivity index (χ0v) is 18.7. The predicted molar refractivity (Wildman–Crippen MR) is 125 cm³/mol. The van der Waals surface area contributed by atoms with Crippen molar-refractivity contribution in [3.63, 3.8) is 0 Å². The summed E-state index contributed by atoms with van der Waals surface area (Å²) < 4.78 is 15.9. The predicted octanol–water partition coefficient (Wildman–Crippen LogP) is 2.98. The van der Waals surface area contributed by atoms with Crippen LogP contribution in [0, 0.1) is 5.92 Å². The summed E-state index contributed by atoms with van der Waals surface area (Å²) >= 11 is 0. The Morgan fingerprint density at radius 3 is 2.65 bits per heavy atom. The minimum atomic E-state index is -0.432. The van der Waals surface area contributed by atoms with Gasteiger partial charge in [0.15, 0.2) is 6.61 Å². The third-order valence-corrected chi connectivity index (χ3v) is 5.38. The summed E-state index contributed by atoms with van der Waals surface area (Å²) in [6.45, 7) is 0.414. The van der Waals surface area contributed by atoms with Crippen LogP contribution in [-0.4, -0.2) is 38.0 Å². The van der Waals surface area contributed by atoms with Gasteiger partial charge in [-0.25, -0.2) is 0 Å². The van der Waals surface area contributed by atoms with Gasteiger partial charge in [-0.05, 0) is 48.5 Å². The van der Waals surface area contributed by atoms with Crippen LogP contribution in [0.4, 0.5) is 11.4 Å². The zero-order valence-electron chi connectivity index (χ0n) is 18.7. The van der Waals surface area contributed by atoms with Crippen molar-refractivity contribution in [3.05, 3.63) is 72.7 Å². The van der Waals surface area contributed by atoms with Gasteiger partial charge in [-0.3, -0.25) is 14.4 Å². The number of ether oxygens (including phenoxy) is 2. The average Bonchev–Trinajstić information content (AvgIpc) is 3.51. The lowest BCUT2D eigenvalue weighted by Crippen LogP contribution is -2.32. The van der Waals surface area contributed by atoms with Crippen molar-refractivity contribution in [2.24, 2.45) is 5.92 Å². The van der Waals surface area contributed by atoms with E-state index in [9.17, 15) is 14.4 Å². The quantitative estimate of drug-likeness (QED) is 0.505. The molecule has 34 heavy (non-hydrogen) atoms. The summed E-state index contributed by atoms with van der Waals surface area (Å²) in [6.07, 6.45) is 1.69. The zero-order chi connectivity index (χ0) is 23.9. The first-order valence-corrected chi connectivity index (χ1v) is 10.8. The second kappa shape index (κ2) is 10.6. The van der Waals surface area contributed by atoms with Gasteiger partial charge in [0.25, 0.3) is 5.91 Å². The molecule has 1 aromatic heterocycles. The Hall–Kier alpha value is -4.27. The third kappa shape index (κ3) is 5.74. The molecule has 0 spiro atoms. The highest BCUT2D eigenvalue weighted by molar-refractivity contribution is 6.00. The Morgan fingerprint density at radius 2 is 1.91 bits per heavy atom. The molecule has 9 heteroatoms. The Morgan fingerprint density at radius 1 is 1.09 bits per heavy atom. The van der Waals surface area contributed by atoms with Crippen LogP contribution in [-0.2, 0) is 20.9 Å². The van der Waals surface area contributed by atoms with Crippen molar-refractivity contribution in [2.75, 3.05) is 30.5 Å². The topological polar surface area (TPSA) is 110 Å². The summed E-state index contributed by atoms with van der Waals surface area (Å²) in [5.74, 6) is 0.738. The van der Waals surface area contributed by atoms with Gasteiger partial charge in [-0.15, -0.1) is 0 Å². The number of rotatable bonds is 9. The van der Waals surface area contributed by atoms with Crippen molar-refractivity contribution in [2.45, 2.75) is 13.0 Å². The molecule has 1 saturated heterocycles. The van der Waals surface area contributed by atoms with Crippen molar-refractivity contribution in [3.8, 4) is 11.5 Å². The van der Waals surface area contributed by atoms with Crippen molar-refractivity contribution < 1.29 is 28.3 Å². The second-order valence-corrected chi connectivity index (χ2v) is 7.77. The van der Waals surface area contributed by atoms with Crippen LogP contribution in [0.25, 0.3) is 0 Å². The van der Waals surface area contributed by atoms with Crippen molar-refractivity contribution in [1.29, 1.82) is 0 Å². The van der Waals surface area contributed by atoms with Crippen LogP contribution in [0.3, 0.4) is 0 Å². The van der Waals surface area contributed by atoms with E-state index in [1.165, 1.54) is 0 Å². The highest BCUT2D eigenvalue weighted by Gasteiger charge is 2.35. The maximum Gasteiger partial charge on any atom is 0.262 e. The first-order chi connectivity index (χ1) is 16.5. The summed E-state index contributed by atoms with van der Waals surface area (Å²) in [7, 11) is 1.56. The van der Waals surface area contributed by atoms with Crippen LogP contribution in [0.1, 0.15) is 12.2 Å². The number of benzene rings is 2. The van der Waals surface area contributed by atoms with Crippen molar-refractivity contribution >= 4 is 29.1 Å². The van der Waals surface area contributed by atoms with Gasteiger partial charge in [-0.1, -0.05) is 6.07 Å². The summed E-state index contributed by atoms with van der Waals surface area (Å²) in [6, 6.07) is 17.4. The minimum Gasteiger partial charge on any atom is -0.497 e. The van der Waals surface area contributed by atoms with Crippen LogP contribution >= 0.6 is 0 Å². The van der Waals surface area contributed by atoms with E-state index < -0.39 is 5.92 Å². The van der Waals surface area contributed by atoms with Gasteiger partial charge >= 0.3 is 0 Å². The molecule has 3 aromatic rings. The van der Waals surface area contributed by atoms with E-state index in [0.717, 1.165) is 0 Å². The van der Waals surface area contributed by atoms with Crippen LogP contribution in [0.15, 0.2) is 71.3 Å². The van der Waals surface area contributed by atoms with Gasteiger partial charge < -0.3 is 29.4 Å². The molecule has 3 amide bonds. The van der Waals surface area contributed by atoms with Crippen LogP contribution in [0.5, 0.6) is 11.5 Å². The average molecular weight is 463 g/mol. The number of nitrogens with zero attached hydrogens (tertiary/aromatic N) is 1. The number of hydrogen-bond acceptors (Lipinski definition) is 6. The van der Waals surface area contributed by atoms with E-state index in [2.05, 4.69) is 10.6 Å². The SMILES string of the molecule is COc1cccc(NC(=O)COc2ccc(N3C[C@@H](C(=O)NCc4ccco4)CC3=O)cc2)c1. The summed E-state index contributed by atoms with van der Waals surface area (Å²) in [5, 5.41) is 5.55. The fourth-order valence-corrected chi connectivity index (χ4v) is 3.63. The Labute approximate surface area is 196 Å². The molecule has 0 unspecified atom stereocenters. The van der Waals surface area contributed by atoms with E-state index in [-0.39, 0.29) is 37.3 Å². The number of methoxy groups -OCH3 is 1. The summed E-state index contributed by atoms with van der Waals surface area (Å²) in [4.78, 5) is 38.7. The molecule has 9 nitrogen and oxygen atoms in total. The van der Waals surface area contributed by atoms with Crippen LogP contribution in [0.2, 0.25) is 0 Å². The maximum atomic E-state index is 12.5. The lowest BCUT2D eigenvalue weighted by atomic mass is 10.1. The number of carbonyl (C=O) groups is 3. The number of carbonyl (C=O) groups excluding carboxylic acids is 3. The first kappa shape index (κ1) is 22.9. The maximum absolute atomic E-state index is 12.5. The van der Waals surface area contributed by atoms with Gasteiger partial charge in [-0.2, -0.15) is 0 Å². The number of anilines is 2. The van der Waals surface area contributed by atoms with E-state index in [1.807, 2.05) is 0 Å². The molecule has 2 heterocycles. The summed E-state index contributed by atoms with van der Waals surface area (Å²) in [5.41, 5.74) is 1.28. The molecular weight excluding hydrogens is 438 g/mol. The Balaban J connectivity index is 1.26. The highest BCUT2D eigenvalue weighted by Crippen LogP contribution is 2.27. The molecule has 1 atom stereocenters. The smallest absolute Gasteiger partial charge is 0.262 e. The minimum absolute atomic E-state index is 0.121. The molecular formula is C25H25N3O6. The first-order valence-electron chi connectivity index (χ1n) is 10.8. The van der Waals surface area contributed by atoms with E-state index in [0.29, 0.717) is 35.2 Å². The monoisotopic (exact) mass is 463 g/mol. The number of hydrogen-bond donors (Lipinski definition) is 2. The third-order valence-electron chi connectivity index (χ3n) is 5.38. The lowest BCUT2D eigenvalue weighted by molar-refractivity contribution is -0.126. The van der Waals surface area contributed by atoms with E-state index in [4.69, 9.17) is 13.9 Å². The van der Waals surface area contributed by atoms with Gasteiger partial charge in [0.1, 0.15) is 17.3 Å². The van der Waals surface area contributed by atoms with E-state index in [1.54, 1.807) is 78.9 Å². The second-order valence-electron chi connectivity index (χ2n) is 7.77. The lowest BCUT2D eigenvalue weighted by Gasteiger charge is -2.17. The standard InChI is InChI=1S/C25H25N3O6/c1-32-21-5-2-4-18(13-21)27-23(29)16-34-20-9-7-19(8-10-20)28-15-17(12-24(28)30)25(31)26-14-22-6-3-11-33-22/h2-11,13,17H,12,14-16H2,1H3,(H,26,31)(H,27,29)/t17-/m0/s1. The van der Waals surface area contributed by atoms with Gasteiger partial charge in [0, 0.05) is 30.4 Å². The highest BCUT2D eigenvalue weighted by atomic mass is 16.5.